The molecule has 3 nitrogen and oxygen atoms in total. The van der Waals surface area contributed by atoms with Gasteiger partial charge in [0.15, 0.2) is 0 Å². The number of fused-ring (bicyclic) bond motifs is 3. The van der Waals surface area contributed by atoms with E-state index in [1.807, 2.05) is 24.3 Å². The number of anilines is 1. The Labute approximate surface area is 86.7 Å². The smallest absolute Gasteiger partial charge is 0.360 e. The molecule has 0 spiro atoms. The van der Waals surface area contributed by atoms with Crippen LogP contribution >= 0.6 is 0 Å². The van der Waals surface area contributed by atoms with Gasteiger partial charge in [0, 0.05) is 11.9 Å². The summed E-state index contributed by atoms with van der Waals surface area (Å²) in [5.74, 6) is 0. The van der Waals surface area contributed by atoms with E-state index >= 15 is 0 Å². The van der Waals surface area contributed by atoms with Crippen LogP contribution in [0, 0.1) is 0 Å². The molecule has 0 aliphatic carbocycles. The van der Waals surface area contributed by atoms with Crippen LogP contribution in [0.25, 0.3) is 11.0 Å². The number of aryl methyl sites for hydroxylation is 1. The van der Waals surface area contributed by atoms with Crippen molar-refractivity contribution in [2.75, 3.05) is 11.9 Å². The van der Waals surface area contributed by atoms with Gasteiger partial charge >= 0.3 is 5.63 Å². The highest BCUT2D eigenvalue weighted by Gasteiger charge is 2.16. The van der Waals surface area contributed by atoms with E-state index in [1.165, 1.54) is 0 Å². The maximum absolute atomic E-state index is 11.6. The summed E-state index contributed by atoms with van der Waals surface area (Å²) in [7, 11) is 0. The molecule has 0 fully saturated rings. The average Bonchev–Trinajstić information content (AvgIpc) is 2.30. The van der Waals surface area contributed by atoms with E-state index in [1.54, 1.807) is 0 Å². The van der Waals surface area contributed by atoms with Crippen LogP contribution in [-0.2, 0) is 6.42 Å². The largest absolute Gasteiger partial charge is 0.421 e. The number of benzene rings is 1. The molecule has 1 N–H and O–H groups in total. The Hall–Kier alpha value is -1.77. The molecule has 1 aliphatic heterocycles. The fraction of sp³-hybridized carbons (Fsp3) is 0.250. The van der Waals surface area contributed by atoms with Crippen LogP contribution in [0.2, 0.25) is 0 Å². The van der Waals surface area contributed by atoms with E-state index in [-0.39, 0.29) is 5.63 Å². The minimum absolute atomic E-state index is 0.247. The van der Waals surface area contributed by atoms with Gasteiger partial charge in [0.1, 0.15) is 11.3 Å². The van der Waals surface area contributed by atoms with E-state index in [0.29, 0.717) is 11.3 Å². The van der Waals surface area contributed by atoms with Gasteiger partial charge in [0.25, 0.3) is 0 Å². The minimum Gasteiger partial charge on any atom is -0.421 e. The van der Waals surface area contributed by atoms with E-state index < -0.39 is 0 Å². The molecule has 0 amide bonds. The first kappa shape index (κ1) is 8.53. The fourth-order valence-electron chi connectivity index (χ4n) is 2.13. The molecular formula is C12H11NO2. The molecule has 0 atom stereocenters. The number of para-hydroxylation sites is 1. The topological polar surface area (TPSA) is 42.2 Å². The zero-order chi connectivity index (χ0) is 10.3. The Bertz CT molecular complexity index is 571. The minimum atomic E-state index is -0.247. The Morgan fingerprint density at radius 1 is 1.27 bits per heavy atom. The highest BCUT2D eigenvalue weighted by Crippen LogP contribution is 2.26. The van der Waals surface area contributed by atoms with E-state index in [2.05, 4.69) is 5.32 Å². The summed E-state index contributed by atoms with van der Waals surface area (Å²) < 4.78 is 5.24. The quantitative estimate of drug-likeness (QED) is 0.664. The molecule has 0 radical (unpaired) electrons. The summed E-state index contributed by atoms with van der Waals surface area (Å²) >= 11 is 0. The first-order valence-electron chi connectivity index (χ1n) is 5.15. The number of nitrogens with one attached hydrogen (secondary N) is 1. The van der Waals surface area contributed by atoms with Gasteiger partial charge in [-0.15, -0.1) is 0 Å². The lowest BCUT2D eigenvalue weighted by atomic mass is 10.0. The second kappa shape index (κ2) is 3.12. The summed E-state index contributed by atoms with van der Waals surface area (Å²) in [6.07, 6.45) is 2.02. The van der Waals surface area contributed by atoms with Crippen molar-refractivity contribution in [2.24, 2.45) is 0 Å². The molecule has 2 heterocycles. The summed E-state index contributed by atoms with van der Waals surface area (Å²) in [4.78, 5) is 11.6. The van der Waals surface area contributed by atoms with Gasteiger partial charge in [-0.1, -0.05) is 18.2 Å². The van der Waals surface area contributed by atoms with Crippen LogP contribution in [0.1, 0.15) is 12.0 Å². The lowest BCUT2D eigenvalue weighted by Crippen LogP contribution is -2.19. The molecule has 2 aromatic rings. The Kier molecular flexibility index (Phi) is 1.78. The van der Waals surface area contributed by atoms with Crippen molar-refractivity contribution >= 4 is 16.7 Å². The highest BCUT2D eigenvalue weighted by molar-refractivity contribution is 5.85. The molecule has 0 unspecified atom stereocenters. The van der Waals surface area contributed by atoms with Crippen LogP contribution in [0.4, 0.5) is 5.69 Å². The summed E-state index contributed by atoms with van der Waals surface area (Å²) in [5, 5.41) is 4.17. The molecule has 0 bridgehead atoms. The molecule has 76 valence electrons. The van der Waals surface area contributed by atoms with Gasteiger partial charge in [-0.05, 0) is 24.5 Å². The first-order chi connectivity index (χ1) is 7.36. The zero-order valence-corrected chi connectivity index (χ0v) is 8.25. The van der Waals surface area contributed by atoms with E-state index in [4.69, 9.17) is 4.42 Å². The molecule has 0 saturated heterocycles. The summed E-state index contributed by atoms with van der Waals surface area (Å²) in [6, 6.07) is 7.70. The van der Waals surface area contributed by atoms with Crippen molar-refractivity contribution in [3.8, 4) is 0 Å². The van der Waals surface area contributed by atoms with Crippen LogP contribution in [0.15, 0.2) is 33.5 Å². The first-order valence-corrected chi connectivity index (χ1v) is 5.15. The van der Waals surface area contributed by atoms with Gasteiger partial charge in [0.05, 0.1) is 0 Å². The van der Waals surface area contributed by atoms with Crippen LogP contribution < -0.4 is 10.9 Å². The highest BCUT2D eigenvalue weighted by atomic mass is 16.4. The lowest BCUT2D eigenvalue weighted by molar-refractivity contribution is 0.558. The Balaban J connectivity index is 2.44. The summed E-state index contributed by atoms with van der Waals surface area (Å²) in [5.41, 5.74) is 2.20. The number of hydrogen-bond acceptors (Lipinski definition) is 3. The standard InChI is InChI=1S/C12H11NO2/c14-12-11-9(5-3-7-13-11)8-4-1-2-6-10(8)15-12/h1-2,4,6,13H,3,5,7H2. The second-order valence-corrected chi connectivity index (χ2v) is 3.77. The SMILES string of the molecule is O=c1oc2ccccc2c2c1NCCC2. The van der Waals surface area contributed by atoms with Gasteiger partial charge in [-0.3, -0.25) is 0 Å². The lowest BCUT2D eigenvalue weighted by Gasteiger charge is -2.17. The van der Waals surface area contributed by atoms with Gasteiger partial charge in [-0.25, -0.2) is 4.79 Å². The van der Waals surface area contributed by atoms with Crippen LogP contribution in [-0.4, -0.2) is 6.54 Å². The molecule has 3 heteroatoms. The average molecular weight is 201 g/mol. The van der Waals surface area contributed by atoms with Crippen LogP contribution in [0.3, 0.4) is 0 Å². The molecule has 3 rings (SSSR count). The van der Waals surface area contributed by atoms with Crippen molar-refractivity contribution in [3.63, 3.8) is 0 Å². The Morgan fingerprint density at radius 3 is 3.07 bits per heavy atom. The van der Waals surface area contributed by atoms with Crippen molar-refractivity contribution in [1.82, 2.24) is 0 Å². The maximum Gasteiger partial charge on any atom is 0.360 e. The third-order valence-corrected chi connectivity index (χ3v) is 2.83. The van der Waals surface area contributed by atoms with Crippen molar-refractivity contribution < 1.29 is 4.42 Å². The molecular weight excluding hydrogens is 190 g/mol. The van der Waals surface area contributed by atoms with Crippen molar-refractivity contribution in [3.05, 3.63) is 40.2 Å². The molecule has 1 aliphatic rings. The molecule has 1 aromatic carbocycles. The summed E-state index contributed by atoms with van der Waals surface area (Å²) in [6.45, 7) is 0.857. The van der Waals surface area contributed by atoms with Gasteiger partial charge in [0.2, 0.25) is 0 Å². The Morgan fingerprint density at radius 2 is 2.13 bits per heavy atom. The molecule has 0 saturated carbocycles. The predicted octanol–water partition coefficient (Wildman–Crippen LogP) is 2.15. The second-order valence-electron chi connectivity index (χ2n) is 3.77. The number of hydrogen-bond donors (Lipinski definition) is 1. The molecule has 15 heavy (non-hydrogen) atoms. The third kappa shape index (κ3) is 1.23. The van der Waals surface area contributed by atoms with Crippen molar-refractivity contribution in [2.45, 2.75) is 12.8 Å². The van der Waals surface area contributed by atoms with Gasteiger partial charge < -0.3 is 9.73 Å². The van der Waals surface area contributed by atoms with Crippen LogP contribution in [0.5, 0.6) is 0 Å². The number of rotatable bonds is 0. The van der Waals surface area contributed by atoms with Gasteiger partial charge in [-0.2, -0.15) is 0 Å². The monoisotopic (exact) mass is 201 g/mol. The predicted molar refractivity (Wildman–Crippen MR) is 59.3 cm³/mol. The third-order valence-electron chi connectivity index (χ3n) is 2.83. The van der Waals surface area contributed by atoms with Crippen molar-refractivity contribution in [1.29, 1.82) is 0 Å². The zero-order valence-electron chi connectivity index (χ0n) is 8.25. The fourth-order valence-corrected chi connectivity index (χ4v) is 2.13. The normalized spacial score (nSPS) is 14.7. The van der Waals surface area contributed by atoms with E-state index in [0.717, 1.165) is 30.3 Å². The maximum atomic E-state index is 11.6. The van der Waals surface area contributed by atoms with E-state index in [9.17, 15) is 4.79 Å². The molecule has 1 aromatic heterocycles.